The highest BCUT2D eigenvalue weighted by molar-refractivity contribution is 7.13. The number of benzene rings is 3. The highest BCUT2D eigenvalue weighted by Crippen LogP contribution is 2.41. The predicted octanol–water partition coefficient (Wildman–Crippen LogP) is 8.53. The lowest BCUT2D eigenvalue weighted by molar-refractivity contribution is -0.144. The molecule has 1 unspecified atom stereocenters. The number of aryl methyl sites for hydroxylation is 1. The lowest BCUT2D eigenvalue weighted by Crippen LogP contribution is -2.57. The Balaban J connectivity index is 0.701. The normalized spacial score (nSPS) is 18.5. The van der Waals surface area contributed by atoms with Gasteiger partial charge in [-0.05, 0) is 78.7 Å². The highest BCUT2D eigenvalue weighted by atomic mass is 32.1. The van der Waals surface area contributed by atoms with E-state index >= 15 is 0 Å². The van der Waals surface area contributed by atoms with Gasteiger partial charge >= 0.3 is 0 Å². The summed E-state index contributed by atoms with van der Waals surface area (Å²) in [5.74, 6) is -0.792. The Kier molecular flexibility index (Phi) is 19.3. The number of amides is 5. The number of aromatic hydroxyl groups is 2. The number of nitrogens with zero attached hydrogens (tertiary/aromatic N) is 5. The third-order valence-electron chi connectivity index (χ3n) is 16.1. The second kappa shape index (κ2) is 26.1. The summed E-state index contributed by atoms with van der Waals surface area (Å²) in [5.41, 5.74) is 7.96. The molecule has 3 atom stereocenters. The van der Waals surface area contributed by atoms with Crippen LogP contribution >= 0.6 is 11.3 Å². The number of aliphatic hydroxyl groups excluding tert-OH is 1. The molecule has 416 valence electrons. The van der Waals surface area contributed by atoms with E-state index in [9.17, 15) is 39.3 Å². The van der Waals surface area contributed by atoms with Gasteiger partial charge in [0, 0.05) is 89.8 Å². The van der Waals surface area contributed by atoms with Crippen molar-refractivity contribution in [2.24, 2.45) is 11.3 Å². The first kappa shape index (κ1) is 57.1. The van der Waals surface area contributed by atoms with Gasteiger partial charge in [-0.15, -0.1) is 11.3 Å². The van der Waals surface area contributed by atoms with E-state index < -0.39 is 23.6 Å². The molecule has 0 radical (unpaired) electrons. The van der Waals surface area contributed by atoms with E-state index in [0.717, 1.165) is 116 Å². The zero-order valence-electron chi connectivity index (χ0n) is 45.9. The van der Waals surface area contributed by atoms with Crippen LogP contribution in [-0.2, 0) is 45.4 Å². The van der Waals surface area contributed by atoms with E-state index in [4.69, 9.17) is 4.74 Å². The van der Waals surface area contributed by atoms with E-state index in [2.05, 4.69) is 38.7 Å². The fourth-order valence-corrected chi connectivity index (χ4v) is 12.2. The Labute approximate surface area is 458 Å². The number of carbonyl (C=O) groups is 5. The summed E-state index contributed by atoms with van der Waals surface area (Å²) in [6, 6.07) is 13.8. The van der Waals surface area contributed by atoms with Crippen LogP contribution in [0.25, 0.3) is 10.4 Å². The van der Waals surface area contributed by atoms with Gasteiger partial charge in [-0.3, -0.25) is 28.9 Å². The monoisotopic (exact) mass is 1080 g/mol. The van der Waals surface area contributed by atoms with Crippen LogP contribution < -0.4 is 15.4 Å². The first-order valence-electron chi connectivity index (χ1n) is 28.1. The van der Waals surface area contributed by atoms with Crippen LogP contribution in [0.1, 0.15) is 155 Å². The van der Waals surface area contributed by atoms with Crippen molar-refractivity contribution < 1.29 is 44.0 Å². The largest absolute Gasteiger partial charge is 0.507 e. The van der Waals surface area contributed by atoms with Gasteiger partial charge in [0.15, 0.2) is 0 Å². The molecule has 3 fully saturated rings. The summed E-state index contributed by atoms with van der Waals surface area (Å²) in [6.45, 7) is 14.6. The lowest BCUT2D eigenvalue weighted by Gasteiger charge is -2.35. The molecule has 0 bridgehead atoms. The molecule has 5 amide bonds. The van der Waals surface area contributed by atoms with Crippen LogP contribution in [0.15, 0.2) is 54.0 Å². The van der Waals surface area contributed by atoms with Crippen molar-refractivity contribution in [1.29, 1.82) is 0 Å². The number of nitrogens with one attached hydrogen (secondary N) is 2. The van der Waals surface area contributed by atoms with Gasteiger partial charge in [-0.2, -0.15) is 0 Å². The minimum absolute atomic E-state index is 0.0191. The number of piperazine rings is 1. The predicted molar refractivity (Wildman–Crippen MR) is 297 cm³/mol. The average Bonchev–Trinajstić information content (AvgIpc) is 4.17. The maximum atomic E-state index is 14.1. The van der Waals surface area contributed by atoms with Gasteiger partial charge in [-0.25, -0.2) is 4.98 Å². The van der Waals surface area contributed by atoms with E-state index in [1.54, 1.807) is 23.2 Å². The molecule has 3 aromatic carbocycles. The first-order valence-corrected chi connectivity index (χ1v) is 28.9. The number of rotatable bonds is 21. The zero-order valence-corrected chi connectivity index (χ0v) is 46.7. The van der Waals surface area contributed by atoms with E-state index in [1.165, 1.54) is 17.4 Å². The summed E-state index contributed by atoms with van der Waals surface area (Å²) < 4.78 is 6.23. The van der Waals surface area contributed by atoms with Crippen LogP contribution in [-0.4, -0.2) is 127 Å². The maximum Gasteiger partial charge on any atom is 0.262 e. The number of hydrogen-bond donors (Lipinski definition) is 5. The number of unbranched alkanes of at least 4 members (excludes halogenated alkanes) is 5. The van der Waals surface area contributed by atoms with Crippen LogP contribution in [0.5, 0.6) is 17.2 Å². The molecule has 8 rings (SSSR count). The summed E-state index contributed by atoms with van der Waals surface area (Å²) >= 11 is 1.58. The number of carbonyl (C=O) groups excluding carboxylic acids is 5. The number of phenolic OH excluding ortho intramolecular Hbond substituents is 2. The quantitative estimate of drug-likeness (QED) is 0.0500. The van der Waals surface area contributed by atoms with Crippen LogP contribution in [0.2, 0.25) is 0 Å². The summed E-state index contributed by atoms with van der Waals surface area (Å²) in [7, 11) is 0. The molecule has 77 heavy (non-hydrogen) atoms. The summed E-state index contributed by atoms with van der Waals surface area (Å²) in [5, 5.41) is 38.0. The molecule has 1 saturated carbocycles. The zero-order chi connectivity index (χ0) is 54.8. The number of fused-ring (bicyclic) bond motifs is 1. The van der Waals surface area contributed by atoms with Gasteiger partial charge in [0.2, 0.25) is 23.6 Å². The van der Waals surface area contributed by atoms with Crippen molar-refractivity contribution in [1.82, 2.24) is 35.2 Å². The molecule has 1 aromatic heterocycles. The molecular weight excluding hydrogens is 995 g/mol. The SMILES string of the molecule is Cc1ncsc1-c1ccc(CNC(=O)[C@@H]2C[C@@H](O)CN2C(=O)C(NC(=O)CCCCCCCCC(=O)N2CCN(Cc3ccc4c(c3)CN(C(=O)c3c(O)cc(O)c(C)c3OCC3CCCCC3)C4)CC2)C(C)(C)C)cc1. The van der Waals surface area contributed by atoms with Crippen LogP contribution in [0, 0.1) is 25.2 Å². The van der Waals surface area contributed by atoms with Crippen molar-refractivity contribution >= 4 is 40.9 Å². The number of hydrogen-bond acceptors (Lipinski definition) is 12. The number of ether oxygens (including phenoxy) is 1. The van der Waals surface area contributed by atoms with E-state index in [0.29, 0.717) is 57.1 Å². The van der Waals surface area contributed by atoms with Gasteiger partial charge in [0.1, 0.15) is 34.9 Å². The number of β-amino-alcohol motifs (C(OH)–C–C–N with tert-alkyl or cyclic N) is 1. The van der Waals surface area contributed by atoms with Crippen molar-refractivity contribution in [2.45, 2.75) is 169 Å². The molecule has 5 N–H and O–H groups in total. The average molecular weight is 1080 g/mol. The molecule has 16 nitrogen and oxygen atoms in total. The Morgan fingerprint density at radius 2 is 1.48 bits per heavy atom. The second-order valence-corrected chi connectivity index (χ2v) is 23.9. The molecule has 17 heteroatoms. The fraction of sp³-hybridized carbons (Fsp3) is 0.567. The topological polar surface area (TPSA) is 205 Å². The van der Waals surface area contributed by atoms with Crippen molar-refractivity contribution in [3.8, 4) is 27.7 Å². The third kappa shape index (κ3) is 14.8. The fourth-order valence-electron chi connectivity index (χ4n) is 11.4. The number of phenols is 2. The minimum atomic E-state index is -0.873. The molecule has 2 saturated heterocycles. The van der Waals surface area contributed by atoms with E-state index in [1.807, 2.05) is 62.4 Å². The molecule has 4 aliphatic rings. The molecular formula is C60H81N7O9S. The standard InChI is InChI=1S/C60H81N7O9S/c1-39-49(69)31-50(70)53(54(39)76-37-42-15-11-10-12-16-42)58(74)66-34-45-24-21-43(29-46(45)35-66)33-64-25-27-65(28-26-64)52(72)18-14-9-7-6-8-13-17-51(71)63-56(60(3,4)5)59(75)67-36-47(68)30-48(67)57(73)61-32-41-19-22-44(23-20-41)55-40(2)62-38-77-55/h19-24,29,31,38,42,47-48,56,68-70H,6-18,25-28,30,32-37H2,1-5H3,(H,61,73)(H,63,71)/t47-,48+,56?/m1/s1. The van der Waals surface area contributed by atoms with Gasteiger partial charge in [0.25, 0.3) is 5.91 Å². The van der Waals surface area contributed by atoms with Crippen LogP contribution in [0.3, 0.4) is 0 Å². The molecule has 0 spiro atoms. The number of thiazole rings is 1. The van der Waals surface area contributed by atoms with Gasteiger partial charge in [0.05, 0.1) is 28.8 Å². The second-order valence-electron chi connectivity index (χ2n) is 23.0. The molecule has 4 aromatic rings. The summed E-state index contributed by atoms with van der Waals surface area (Å²) in [6.07, 6.45) is 10.9. The Bertz CT molecular complexity index is 2710. The summed E-state index contributed by atoms with van der Waals surface area (Å²) in [4.78, 5) is 81.0. The van der Waals surface area contributed by atoms with Crippen molar-refractivity contribution in [2.75, 3.05) is 39.3 Å². The molecule has 1 aliphatic carbocycles. The number of likely N-dealkylation sites (tertiary alicyclic amines) is 1. The van der Waals surface area contributed by atoms with Gasteiger partial charge in [-0.1, -0.05) is 108 Å². The Hall–Kier alpha value is -6.04. The van der Waals surface area contributed by atoms with E-state index in [-0.39, 0.29) is 78.3 Å². The van der Waals surface area contributed by atoms with Crippen molar-refractivity contribution in [3.05, 3.63) is 93.1 Å². The Morgan fingerprint density at radius 1 is 0.805 bits per heavy atom. The molecule has 4 heterocycles. The third-order valence-corrected chi connectivity index (χ3v) is 17.0. The van der Waals surface area contributed by atoms with Gasteiger partial charge < -0.3 is 45.4 Å². The number of aliphatic hydroxyl groups is 1. The molecule has 3 aliphatic heterocycles. The lowest BCUT2D eigenvalue weighted by atomic mass is 9.85. The smallest absolute Gasteiger partial charge is 0.262 e. The van der Waals surface area contributed by atoms with Crippen LogP contribution in [0.4, 0.5) is 0 Å². The minimum Gasteiger partial charge on any atom is -0.507 e. The number of aromatic nitrogens is 1. The Morgan fingerprint density at radius 3 is 2.17 bits per heavy atom. The van der Waals surface area contributed by atoms with Crippen molar-refractivity contribution in [3.63, 3.8) is 0 Å². The maximum absolute atomic E-state index is 14.1. The first-order chi connectivity index (χ1) is 36.9. The highest BCUT2D eigenvalue weighted by Gasteiger charge is 2.44.